The maximum Gasteiger partial charge on any atom is 0.242 e. The Morgan fingerprint density at radius 3 is 2.33 bits per heavy atom. The van der Waals surface area contributed by atoms with Crippen molar-refractivity contribution in [1.82, 2.24) is 10.2 Å². The molecular formula is C26H26Cl2N2O2S. The molecule has 0 spiro atoms. The second kappa shape index (κ2) is 12.7. The molecule has 0 aliphatic heterocycles. The molecule has 1 unspecified atom stereocenters. The van der Waals surface area contributed by atoms with Crippen molar-refractivity contribution in [2.24, 2.45) is 0 Å². The Labute approximate surface area is 209 Å². The van der Waals surface area contributed by atoms with Crippen molar-refractivity contribution < 1.29 is 9.59 Å². The number of hydrogen-bond donors (Lipinski definition) is 1. The van der Waals surface area contributed by atoms with Gasteiger partial charge >= 0.3 is 0 Å². The molecule has 172 valence electrons. The average molecular weight is 501 g/mol. The molecule has 0 aliphatic rings. The summed E-state index contributed by atoms with van der Waals surface area (Å²) >= 11 is 14.0. The summed E-state index contributed by atoms with van der Waals surface area (Å²) in [4.78, 5) is 28.0. The fraction of sp³-hybridized carbons (Fsp3) is 0.231. The molecule has 0 saturated carbocycles. The number of amides is 2. The van der Waals surface area contributed by atoms with E-state index in [0.717, 1.165) is 16.7 Å². The number of likely N-dealkylation sites (N-methyl/N-ethyl adjacent to an activating group) is 1. The van der Waals surface area contributed by atoms with Crippen LogP contribution in [-0.2, 0) is 28.3 Å². The highest BCUT2D eigenvalue weighted by atomic mass is 35.5. The molecule has 0 aromatic heterocycles. The van der Waals surface area contributed by atoms with Crippen molar-refractivity contribution in [3.63, 3.8) is 0 Å². The maximum atomic E-state index is 13.4. The molecule has 0 radical (unpaired) electrons. The third-order valence-electron chi connectivity index (χ3n) is 5.20. The number of carbonyl (C=O) groups excluding carboxylic acids is 2. The van der Waals surface area contributed by atoms with Crippen molar-refractivity contribution in [3.8, 4) is 0 Å². The number of halogens is 2. The number of nitrogens with one attached hydrogen (secondary N) is 1. The fourth-order valence-electron chi connectivity index (χ4n) is 3.50. The molecule has 0 saturated heterocycles. The number of nitrogens with zero attached hydrogens (tertiary/aromatic N) is 1. The molecule has 1 N–H and O–H groups in total. The minimum atomic E-state index is -0.659. The van der Waals surface area contributed by atoms with Crippen molar-refractivity contribution in [2.45, 2.75) is 24.8 Å². The molecule has 3 rings (SSSR count). The van der Waals surface area contributed by atoms with Gasteiger partial charge in [0.1, 0.15) is 6.04 Å². The van der Waals surface area contributed by atoms with Gasteiger partial charge in [-0.15, -0.1) is 11.8 Å². The van der Waals surface area contributed by atoms with Gasteiger partial charge in [-0.3, -0.25) is 9.59 Å². The van der Waals surface area contributed by atoms with E-state index in [-0.39, 0.29) is 24.1 Å². The van der Waals surface area contributed by atoms with E-state index in [9.17, 15) is 9.59 Å². The van der Waals surface area contributed by atoms with Gasteiger partial charge in [0.2, 0.25) is 11.8 Å². The minimum Gasteiger partial charge on any atom is -0.357 e. The molecule has 0 fully saturated rings. The lowest BCUT2D eigenvalue weighted by molar-refractivity contribution is -0.139. The summed E-state index contributed by atoms with van der Waals surface area (Å²) in [6.45, 7) is 0.251. The van der Waals surface area contributed by atoms with Crippen LogP contribution in [-0.4, -0.2) is 35.6 Å². The molecule has 0 aliphatic carbocycles. The fourth-order valence-corrected chi connectivity index (χ4v) is 4.76. The largest absolute Gasteiger partial charge is 0.357 e. The monoisotopic (exact) mass is 500 g/mol. The third-order valence-corrected chi connectivity index (χ3v) is 6.79. The lowest BCUT2D eigenvalue weighted by Gasteiger charge is -2.31. The van der Waals surface area contributed by atoms with E-state index in [0.29, 0.717) is 22.2 Å². The number of rotatable bonds is 10. The maximum absolute atomic E-state index is 13.4. The van der Waals surface area contributed by atoms with Gasteiger partial charge in [0, 0.05) is 35.8 Å². The van der Waals surface area contributed by atoms with Gasteiger partial charge in [-0.25, -0.2) is 0 Å². The van der Waals surface area contributed by atoms with Crippen LogP contribution in [0, 0.1) is 0 Å². The van der Waals surface area contributed by atoms with Crippen LogP contribution in [0.1, 0.15) is 16.7 Å². The Hall–Kier alpha value is -2.47. The summed E-state index contributed by atoms with van der Waals surface area (Å²) in [6.07, 6.45) is 0.412. The van der Waals surface area contributed by atoms with Gasteiger partial charge in [0.05, 0.1) is 5.75 Å². The third kappa shape index (κ3) is 7.53. The predicted molar refractivity (Wildman–Crippen MR) is 138 cm³/mol. The molecule has 2 amide bonds. The topological polar surface area (TPSA) is 49.4 Å². The van der Waals surface area contributed by atoms with E-state index in [1.54, 1.807) is 18.0 Å². The number of hydrogen-bond acceptors (Lipinski definition) is 3. The summed E-state index contributed by atoms with van der Waals surface area (Å²) in [7, 11) is 1.59. The quantitative estimate of drug-likeness (QED) is 0.393. The lowest BCUT2D eigenvalue weighted by atomic mass is 10.0. The van der Waals surface area contributed by atoms with Crippen LogP contribution < -0.4 is 5.32 Å². The molecule has 0 heterocycles. The van der Waals surface area contributed by atoms with E-state index in [2.05, 4.69) is 5.32 Å². The zero-order chi connectivity index (χ0) is 23.6. The van der Waals surface area contributed by atoms with Crippen molar-refractivity contribution in [2.75, 3.05) is 12.8 Å². The van der Waals surface area contributed by atoms with E-state index >= 15 is 0 Å². The van der Waals surface area contributed by atoms with Crippen LogP contribution in [0.25, 0.3) is 0 Å². The zero-order valence-corrected chi connectivity index (χ0v) is 20.7. The molecule has 0 bridgehead atoms. The van der Waals surface area contributed by atoms with E-state index < -0.39 is 6.04 Å². The SMILES string of the molecule is CNC(=O)C(Cc1ccccc1)N(Cc1ccccc1Cl)C(=O)CSCc1cccc(Cl)c1. The molecule has 3 aromatic carbocycles. The highest BCUT2D eigenvalue weighted by molar-refractivity contribution is 7.99. The van der Waals surface area contributed by atoms with Crippen LogP contribution >= 0.6 is 35.0 Å². The zero-order valence-electron chi connectivity index (χ0n) is 18.3. The Morgan fingerprint density at radius 2 is 1.64 bits per heavy atom. The number of carbonyl (C=O) groups is 2. The summed E-state index contributed by atoms with van der Waals surface area (Å²) in [6, 6.07) is 24.0. The Bertz CT molecular complexity index is 1080. The molecule has 4 nitrogen and oxygen atoms in total. The Balaban J connectivity index is 1.82. The summed E-state index contributed by atoms with van der Waals surface area (Å²) in [5.41, 5.74) is 2.83. The Morgan fingerprint density at radius 1 is 0.939 bits per heavy atom. The van der Waals surface area contributed by atoms with E-state index in [1.807, 2.05) is 72.8 Å². The van der Waals surface area contributed by atoms with Gasteiger partial charge in [-0.2, -0.15) is 0 Å². The van der Waals surface area contributed by atoms with Crippen LogP contribution in [0.3, 0.4) is 0 Å². The molecule has 1 atom stereocenters. The summed E-state index contributed by atoms with van der Waals surface area (Å²) in [5.74, 6) is 0.556. The molecule has 7 heteroatoms. The molecule has 33 heavy (non-hydrogen) atoms. The smallest absolute Gasteiger partial charge is 0.242 e. The van der Waals surface area contributed by atoms with E-state index in [4.69, 9.17) is 23.2 Å². The van der Waals surface area contributed by atoms with Crippen molar-refractivity contribution >= 4 is 46.8 Å². The van der Waals surface area contributed by atoms with Crippen LogP contribution in [0.15, 0.2) is 78.9 Å². The first-order chi connectivity index (χ1) is 16.0. The van der Waals surface area contributed by atoms with Crippen LogP contribution in [0.4, 0.5) is 0 Å². The van der Waals surface area contributed by atoms with Crippen LogP contribution in [0.5, 0.6) is 0 Å². The first kappa shape index (κ1) is 25.2. The van der Waals surface area contributed by atoms with Crippen molar-refractivity contribution in [3.05, 3.63) is 106 Å². The summed E-state index contributed by atoms with van der Waals surface area (Å²) in [5, 5.41) is 3.96. The van der Waals surface area contributed by atoms with Crippen molar-refractivity contribution in [1.29, 1.82) is 0 Å². The number of benzene rings is 3. The second-order valence-electron chi connectivity index (χ2n) is 7.56. The first-order valence-corrected chi connectivity index (χ1v) is 12.5. The standard InChI is InChI=1S/C26H26Cl2N2O2S/c1-29-26(32)24(15-19-8-3-2-4-9-19)30(16-21-11-5-6-13-23(21)28)25(31)18-33-17-20-10-7-12-22(27)14-20/h2-14,24H,15-18H2,1H3,(H,29,32). The van der Waals surface area contributed by atoms with Crippen LogP contribution in [0.2, 0.25) is 10.0 Å². The normalized spacial score (nSPS) is 11.6. The highest BCUT2D eigenvalue weighted by Crippen LogP contribution is 2.22. The molecule has 3 aromatic rings. The lowest BCUT2D eigenvalue weighted by Crippen LogP contribution is -2.50. The Kier molecular flexibility index (Phi) is 9.67. The molecular weight excluding hydrogens is 475 g/mol. The van der Waals surface area contributed by atoms with Gasteiger partial charge in [0.25, 0.3) is 0 Å². The van der Waals surface area contributed by atoms with Gasteiger partial charge in [0.15, 0.2) is 0 Å². The van der Waals surface area contributed by atoms with Gasteiger partial charge < -0.3 is 10.2 Å². The second-order valence-corrected chi connectivity index (χ2v) is 9.38. The van der Waals surface area contributed by atoms with Gasteiger partial charge in [-0.1, -0.05) is 83.9 Å². The van der Waals surface area contributed by atoms with Gasteiger partial charge in [-0.05, 0) is 34.9 Å². The summed E-state index contributed by atoms with van der Waals surface area (Å²) < 4.78 is 0. The highest BCUT2D eigenvalue weighted by Gasteiger charge is 2.30. The number of thioether (sulfide) groups is 1. The van der Waals surface area contributed by atoms with E-state index in [1.165, 1.54) is 11.8 Å². The first-order valence-electron chi connectivity index (χ1n) is 10.6. The predicted octanol–water partition coefficient (Wildman–Crippen LogP) is 5.61. The minimum absolute atomic E-state index is 0.119. The average Bonchev–Trinajstić information content (AvgIpc) is 2.82.